The van der Waals surface area contributed by atoms with Crippen LogP contribution in [0.5, 0.6) is 5.88 Å². The SMILES string of the molecule is COc1ncnc(NCC(O)C(C)C)c1N. The van der Waals surface area contributed by atoms with Gasteiger partial charge in [-0.15, -0.1) is 0 Å². The van der Waals surface area contributed by atoms with Crippen LogP contribution < -0.4 is 15.8 Å². The van der Waals surface area contributed by atoms with Crippen molar-refractivity contribution in [2.45, 2.75) is 20.0 Å². The third kappa shape index (κ3) is 2.96. The molecular formula is C10H18N4O2. The lowest BCUT2D eigenvalue weighted by atomic mass is 10.1. The van der Waals surface area contributed by atoms with Crippen molar-refractivity contribution in [1.29, 1.82) is 0 Å². The predicted octanol–water partition coefficient (Wildman–Crippen LogP) is 0.496. The lowest BCUT2D eigenvalue weighted by Crippen LogP contribution is -2.25. The Bertz CT molecular complexity index is 344. The van der Waals surface area contributed by atoms with E-state index in [1.54, 1.807) is 0 Å². The van der Waals surface area contributed by atoms with E-state index in [4.69, 9.17) is 10.5 Å². The first-order valence-corrected chi connectivity index (χ1v) is 5.12. The zero-order chi connectivity index (χ0) is 12.1. The molecule has 0 aliphatic carbocycles. The molecule has 90 valence electrons. The van der Waals surface area contributed by atoms with Crippen molar-refractivity contribution in [2.24, 2.45) is 5.92 Å². The third-order valence-corrected chi connectivity index (χ3v) is 2.29. The summed E-state index contributed by atoms with van der Waals surface area (Å²) >= 11 is 0. The number of nitrogens with zero attached hydrogens (tertiary/aromatic N) is 2. The number of aromatic nitrogens is 2. The van der Waals surface area contributed by atoms with E-state index in [1.165, 1.54) is 13.4 Å². The van der Waals surface area contributed by atoms with E-state index in [-0.39, 0.29) is 5.92 Å². The van der Waals surface area contributed by atoms with Gasteiger partial charge in [0.15, 0.2) is 5.82 Å². The Kier molecular flexibility index (Phi) is 4.30. The van der Waals surface area contributed by atoms with Crippen LogP contribution in [0.4, 0.5) is 11.5 Å². The Morgan fingerprint density at radius 1 is 1.50 bits per heavy atom. The van der Waals surface area contributed by atoms with Gasteiger partial charge in [0, 0.05) is 6.54 Å². The van der Waals surface area contributed by atoms with Gasteiger partial charge in [-0.1, -0.05) is 13.8 Å². The molecule has 4 N–H and O–H groups in total. The van der Waals surface area contributed by atoms with Crippen LogP contribution >= 0.6 is 0 Å². The van der Waals surface area contributed by atoms with Gasteiger partial charge in [-0.3, -0.25) is 0 Å². The highest BCUT2D eigenvalue weighted by molar-refractivity contribution is 5.66. The van der Waals surface area contributed by atoms with Crippen molar-refractivity contribution in [3.63, 3.8) is 0 Å². The maximum atomic E-state index is 9.63. The fourth-order valence-electron chi connectivity index (χ4n) is 1.12. The quantitative estimate of drug-likeness (QED) is 0.676. The number of aliphatic hydroxyl groups is 1. The number of hydrogen-bond acceptors (Lipinski definition) is 6. The Hall–Kier alpha value is -1.56. The lowest BCUT2D eigenvalue weighted by Gasteiger charge is -2.16. The van der Waals surface area contributed by atoms with Crippen molar-refractivity contribution < 1.29 is 9.84 Å². The second-order valence-corrected chi connectivity index (χ2v) is 3.84. The minimum Gasteiger partial charge on any atom is -0.479 e. The molecule has 0 spiro atoms. The molecular weight excluding hydrogens is 208 g/mol. The van der Waals surface area contributed by atoms with Gasteiger partial charge in [-0.05, 0) is 5.92 Å². The summed E-state index contributed by atoms with van der Waals surface area (Å²) < 4.78 is 4.96. The molecule has 1 rings (SSSR count). The molecule has 0 aromatic carbocycles. The number of rotatable bonds is 5. The molecule has 1 atom stereocenters. The van der Waals surface area contributed by atoms with Crippen LogP contribution in [0, 0.1) is 5.92 Å². The first kappa shape index (κ1) is 12.5. The highest BCUT2D eigenvalue weighted by Gasteiger charge is 2.12. The van der Waals surface area contributed by atoms with Crippen LogP contribution in [0.15, 0.2) is 6.33 Å². The summed E-state index contributed by atoms with van der Waals surface area (Å²) in [4.78, 5) is 7.84. The second-order valence-electron chi connectivity index (χ2n) is 3.84. The largest absolute Gasteiger partial charge is 0.479 e. The molecule has 0 amide bonds. The molecule has 1 aromatic heterocycles. The van der Waals surface area contributed by atoms with Crippen molar-refractivity contribution >= 4 is 11.5 Å². The lowest BCUT2D eigenvalue weighted by molar-refractivity contribution is 0.138. The monoisotopic (exact) mass is 226 g/mol. The minimum atomic E-state index is -0.444. The average molecular weight is 226 g/mol. The molecule has 16 heavy (non-hydrogen) atoms. The average Bonchev–Trinajstić information content (AvgIpc) is 2.27. The standard InChI is InChI=1S/C10H18N4O2/c1-6(2)7(15)4-12-9-8(11)10(16-3)14-5-13-9/h5-7,15H,4,11H2,1-3H3,(H,12,13,14). The minimum absolute atomic E-state index is 0.178. The van der Waals surface area contributed by atoms with Crippen LogP contribution in [0.3, 0.4) is 0 Å². The summed E-state index contributed by atoms with van der Waals surface area (Å²) in [6.45, 7) is 4.27. The van der Waals surface area contributed by atoms with Crippen molar-refractivity contribution in [3.8, 4) is 5.88 Å². The molecule has 0 aliphatic heterocycles. The van der Waals surface area contributed by atoms with Gasteiger partial charge < -0.3 is 20.9 Å². The number of ether oxygens (including phenoxy) is 1. The second kappa shape index (κ2) is 5.50. The van der Waals surface area contributed by atoms with E-state index in [9.17, 15) is 5.11 Å². The van der Waals surface area contributed by atoms with E-state index in [0.717, 1.165) is 0 Å². The molecule has 0 radical (unpaired) electrons. The molecule has 6 nitrogen and oxygen atoms in total. The molecule has 1 aromatic rings. The number of methoxy groups -OCH3 is 1. The Morgan fingerprint density at radius 2 is 2.19 bits per heavy atom. The summed E-state index contributed by atoms with van der Waals surface area (Å²) in [5.41, 5.74) is 6.11. The van der Waals surface area contributed by atoms with Crippen LogP contribution in [0.25, 0.3) is 0 Å². The van der Waals surface area contributed by atoms with Gasteiger partial charge in [-0.25, -0.2) is 4.98 Å². The number of nitrogens with two attached hydrogens (primary N) is 1. The zero-order valence-electron chi connectivity index (χ0n) is 9.77. The van der Waals surface area contributed by atoms with E-state index >= 15 is 0 Å². The first-order chi connectivity index (χ1) is 7.56. The Morgan fingerprint density at radius 3 is 2.75 bits per heavy atom. The van der Waals surface area contributed by atoms with Crippen LogP contribution in [-0.4, -0.2) is 34.8 Å². The molecule has 1 unspecified atom stereocenters. The van der Waals surface area contributed by atoms with E-state index in [2.05, 4.69) is 15.3 Å². The van der Waals surface area contributed by atoms with Crippen molar-refractivity contribution in [2.75, 3.05) is 24.7 Å². The van der Waals surface area contributed by atoms with Crippen molar-refractivity contribution in [3.05, 3.63) is 6.33 Å². The van der Waals surface area contributed by atoms with Crippen LogP contribution in [-0.2, 0) is 0 Å². The number of hydrogen-bond donors (Lipinski definition) is 3. The summed E-state index contributed by atoms with van der Waals surface area (Å²) in [7, 11) is 1.49. The van der Waals surface area contributed by atoms with E-state index in [1.807, 2.05) is 13.8 Å². The predicted molar refractivity (Wildman–Crippen MR) is 62.3 cm³/mol. The maximum absolute atomic E-state index is 9.63. The van der Waals surface area contributed by atoms with Gasteiger partial charge >= 0.3 is 0 Å². The maximum Gasteiger partial charge on any atom is 0.242 e. The molecule has 6 heteroatoms. The molecule has 0 fully saturated rings. The highest BCUT2D eigenvalue weighted by Crippen LogP contribution is 2.23. The van der Waals surface area contributed by atoms with E-state index < -0.39 is 6.10 Å². The first-order valence-electron chi connectivity index (χ1n) is 5.12. The van der Waals surface area contributed by atoms with Gasteiger partial charge in [0.2, 0.25) is 5.88 Å². The fourth-order valence-corrected chi connectivity index (χ4v) is 1.12. The van der Waals surface area contributed by atoms with Crippen molar-refractivity contribution in [1.82, 2.24) is 9.97 Å². The summed E-state index contributed by atoms with van der Waals surface area (Å²) in [5.74, 6) is 0.987. The topological polar surface area (TPSA) is 93.3 Å². The molecule has 1 heterocycles. The normalized spacial score (nSPS) is 12.6. The fraction of sp³-hybridized carbons (Fsp3) is 0.600. The van der Waals surface area contributed by atoms with Gasteiger partial charge in [0.1, 0.15) is 12.0 Å². The van der Waals surface area contributed by atoms with Gasteiger partial charge in [0.05, 0.1) is 13.2 Å². The molecule has 0 bridgehead atoms. The van der Waals surface area contributed by atoms with Crippen LogP contribution in [0.2, 0.25) is 0 Å². The highest BCUT2D eigenvalue weighted by atomic mass is 16.5. The number of nitrogens with one attached hydrogen (secondary N) is 1. The summed E-state index contributed by atoms with van der Waals surface area (Å²) in [5, 5.41) is 12.6. The van der Waals surface area contributed by atoms with Gasteiger partial charge in [0.25, 0.3) is 0 Å². The Balaban J connectivity index is 2.67. The Labute approximate surface area is 94.9 Å². The molecule has 0 saturated carbocycles. The number of nitrogen functional groups attached to an aromatic ring is 1. The summed E-state index contributed by atoms with van der Waals surface area (Å²) in [6.07, 6.45) is 0.916. The molecule has 0 aliphatic rings. The zero-order valence-corrected chi connectivity index (χ0v) is 9.77. The third-order valence-electron chi connectivity index (χ3n) is 2.29. The molecule has 0 saturated heterocycles. The smallest absolute Gasteiger partial charge is 0.242 e. The van der Waals surface area contributed by atoms with Gasteiger partial charge in [-0.2, -0.15) is 4.98 Å². The number of aliphatic hydroxyl groups excluding tert-OH is 1. The van der Waals surface area contributed by atoms with E-state index in [0.29, 0.717) is 23.9 Å². The number of anilines is 2. The summed E-state index contributed by atoms with van der Waals surface area (Å²) in [6, 6.07) is 0. The van der Waals surface area contributed by atoms with Crippen LogP contribution in [0.1, 0.15) is 13.8 Å².